The maximum Gasteiger partial charge on any atom is 1.00 e. The second-order valence-electron chi connectivity index (χ2n) is 2.93. The van der Waals surface area contributed by atoms with Crippen LogP contribution in [-0.2, 0) is 0 Å². The Hall–Kier alpha value is -0.483. The van der Waals surface area contributed by atoms with Gasteiger partial charge in [0.25, 0.3) is 0 Å². The van der Waals surface area contributed by atoms with Crippen molar-refractivity contribution >= 4 is 14.1 Å². The molecule has 0 aliphatic rings. The van der Waals surface area contributed by atoms with E-state index in [9.17, 15) is 4.79 Å². The van der Waals surface area contributed by atoms with Crippen LogP contribution >= 0.6 is 8.58 Å². The van der Waals surface area contributed by atoms with Gasteiger partial charge in [-0.05, 0) is 26.9 Å². The summed E-state index contributed by atoms with van der Waals surface area (Å²) in [5, 5.41) is 0. The Bertz CT molecular complexity index is 361. The van der Waals surface area contributed by atoms with E-state index in [0.717, 1.165) is 6.16 Å². The van der Waals surface area contributed by atoms with E-state index in [2.05, 4.69) is 0 Å². The van der Waals surface area contributed by atoms with Crippen LogP contribution in [0.3, 0.4) is 0 Å². The zero-order valence-corrected chi connectivity index (χ0v) is 11.2. The van der Waals surface area contributed by atoms with Crippen molar-refractivity contribution in [3.63, 3.8) is 0 Å². The number of hydrogen-bond acceptors (Lipinski definition) is 3. The summed E-state index contributed by atoms with van der Waals surface area (Å²) >= 11 is 0. The predicted molar refractivity (Wildman–Crippen MR) is 63.8 cm³/mol. The van der Waals surface area contributed by atoms with Crippen LogP contribution in [0.1, 0.15) is 18.7 Å². The van der Waals surface area contributed by atoms with E-state index in [0.29, 0.717) is 25.6 Å². The number of methoxy groups -OCH3 is 2. The van der Waals surface area contributed by atoms with Crippen LogP contribution in [-0.4, -0.2) is 25.9 Å². The van der Waals surface area contributed by atoms with Gasteiger partial charge in [0, 0.05) is 6.07 Å². The van der Waals surface area contributed by atoms with Crippen molar-refractivity contribution in [3.8, 4) is 11.5 Å². The zero-order chi connectivity index (χ0) is 11.3. The number of ether oxygens (including phenoxy) is 2. The Balaban J connectivity index is 0. The van der Waals surface area contributed by atoms with Crippen LogP contribution in [0.4, 0.5) is 0 Å². The fourth-order valence-corrected chi connectivity index (χ4v) is 1.96. The van der Waals surface area contributed by atoms with Crippen LogP contribution in [0.2, 0.25) is 0 Å². The Morgan fingerprint density at radius 2 is 2.06 bits per heavy atom. The average Bonchev–Trinajstić information content (AvgIpc) is 2.28. The fourth-order valence-electron chi connectivity index (χ4n) is 1.24. The van der Waals surface area contributed by atoms with Gasteiger partial charge in [-0.2, -0.15) is 0 Å². The second kappa shape index (κ2) is 7.74. The van der Waals surface area contributed by atoms with Crippen molar-refractivity contribution in [2.45, 2.75) is 6.92 Å². The average molecular weight is 234 g/mol. The summed E-state index contributed by atoms with van der Waals surface area (Å²) in [4.78, 5) is 11.7. The van der Waals surface area contributed by atoms with E-state index >= 15 is 0 Å². The van der Waals surface area contributed by atoms with Crippen molar-refractivity contribution in [3.05, 3.63) is 23.8 Å². The van der Waals surface area contributed by atoms with Gasteiger partial charge in [0.1, 0.15) is 11.5 Å². The third kappa shape index (κ3) is 3.83. The quantitative estimate of drug-likeness (QED) is 0.516. The number of carbonyl (C=O) groups is 1. The molecule has 5 heteroatoms. The van der Waals surface area contributed by atoms with E-state index < -0.39 is 0 Å². The third-order valence-electron chi connectivity index (χ3n) is 1.99. The minimum Gasteiger partial charge on any atom is -1.00 e. The van der Waals surface area contributed by atoms with Crippen molar-refractivity contribution in [1.29, 1.82) is 0 Å². The van der Waals surface area contributed by atoms with Crippen molar-refractivity contribution in [1.82, 2.24) is 0 Å². The number of benzene rings is 1. The Morgan fingerprint density at radius 1 is 1.38 bits per heavy atom. The summed E-state index contributed by atoms with van der Waals surface area (Å²) in [6.45, 7) is 1.99. The van der Waals surface area contributed by atoms with E-state index in [1.165, 1.54) is 0 Å². The van der Waals surface area contributed by atoms with Crippen LogP contribution < -0.4 is 28.3 Å². The van der Waals surface area contributed by atoms with E-state index in [-0.39, 0.29) is 25.8 Å². The number of rotatable bonds is 5. The van der Waals surface area contributed by atoms with Gasteiger partial charge in [0.15, 0.2) is 5.52 Å². The first-order valence-electron chi connectivity index (χ1n) is 4.73. The van der Waals surface area contributed by atoms with Crippen molar-refractivity contribution < 1.29 is 34.6 Å². The molecule has 1 rings (SSSR count). The molecule has 0 aliphatic carbocycles. The van der Waals surface area contributed by atoms with Gasteiger partial charge in [-0.1, -0.05) is 6.92 Å². The molecule has 0 fully saturated rings. The Morgan fingerprint density at radius 3 is 2.56 bits per heavy atom. The summed E-state index contributed by atoms with van der Waals surface area (Å²) < 4.78 is 10.2. The molecule has 16 heavy (non-hydrogen) atoms. The zero-order valence-electron chi connectivity index (χ0n) is 11.2. The maximum absolute atomic E-state index is 11.7. The van der Waals surface area contributed by atoms with E-state index in [4.69, 9.17) is 9.47 Å². The second-order valence-corrected chi connectivity index (χ2v) is 4.44. The molecule has 3 nitrogen and oxygen atoms in total. The molecule has 1 aromatic rings. The monoisotopic (exact) mass is 234 g/mol. The van der Waals surface area contributed by atoms with E-state index in [1.807, 2.05) is 6.92 Å². The summed E-state index contributed by atoms with van der Waals surface area (Å²) in [7, 11) is 3.45. The smallest absolute Gasteiger partial charge is 1.00 e. The topological polar surface area (TPSA) is 35.5 Å². The van der Waals surface area contributed by atoms with Gasteiger partial charge in [-0.25, -0.2) is 0 Å². The summed E-state index contributed by atoms with van der Waals surface area (Å²) in [5.41, 5.74) is 0.774. The predicted octanol–water partition coefficient (Wildman–Crippen LogP) is -0.341. The standard InChI is InChI=1S/C11H15O3P.Li.H/c1-4-15-11(12)9-6-5-8(13-2)7-10(9)14-3;;/h5-7,15H,4H2,1-3H3;;/q;+1;-1. The molecule has 1 atom stereocenters. The summed E-state index contributed by atoms with van der Waals surface area (Å²) in [6, 6.07) is 5.26. The summed E-state index contributed by atoms with van der Waals surface area (Å²) in [6.07, 6.45) is 0.869. The third-order valence-corrected chi connectivity index (χ3v) is 2.93. The van der Waals surface area contributed by atoms with Gasteiger partial charge in [0.2, 0.25) is 0 Å². The molecule has 0 radical (unpaired) electrons. The van der Waals surface area contributed by atoms with Gasteiger partial charge < -0.3 is 10.9 Å². The van der Waals surface area contributed by atoms with Crippen molar-refractivity contribution in [2.24, 2.45) is 0 Å². The fraction of sp³-hybridized carbons (Fsp3) is 0.364. The van der Waals surface area contributed by atoms with Gasteiger partial charge >= 0.3 is 18.9 Å². The molecule has 1 aromatic carbocycles. The molecule has 1 unspecified atom stereocenters. The molecule has 0 aromatic heterocycles. The molecule has 84 valence electrons. The maximum atomic E-state index is 11.7. The first-order chi connectivity index (χ1) is 7.22. The van der Waals surface area contributed by atoms with Crippen LogP contribution in [0.25, 0.3) is 0 Å². The Labute approximate surface area is 111 Å². The van der Waals surface area contributed by atoms with Crippen LogP contribution in [0.5, 0.6) is 11.5 Å². The first kappa shape index (κ1) is 15.5. The largest absolute Gasteiger partial charge is 1.00 e. The van der Waals surface area contributed by atoms with Gasteiger partial charge in [-0.15, -0.1) is 0 Å². The molecule has 0 saturated carbocycles. The molecular formula is C11H16LiO3P. The van der Waals surface area contributed by atoms with Crippen LogP contribution in [0.15, 0.2) is 18.2 Å². The van der Waals surface area contributed by atoms with Crippen LogP contribution in [0, 0.1) is 0 Å². The normalized spacial score (nSPS) is 9.94. The SMILES string of the molecule is CCPC(=O)c1ccc(OC)cc1OC.[H-].[Li+]. The molecule has 0 spiro atoms. The molecule has 0 aliphatic heterocycles. The molecule has 0 heterocycles. The molecule has 0 N–H and O–H groups in total. The Kier molecular flexibility index (Phi) is 7.50. The molecule has 0 bridgehead atoms. The number of carbonyl (C=O) groups excluding carboxylic acids is 1. The first-order valence-corrected chi connectivity index (χ1v) is 5.93. The van der Waals surface area contributed by atoms with Gasteiger partial charge in [0.05, 0.1) is 19.8 Å². The van der Waals surface area contributed by atoms with Crippen molar-refractivity contribution in [2.75, 3.05) is 20.4 Å². The number of hydrogen-bond donors (Lipinski definition) is 0. The van der Waals surface area contributed by atoms with E-state index in [1.54, 1.807) is 32.4 Å². The minimum atomic E-state index is 0. The summed E-state index contributed by atoms with van der Waals surface area (Å²) in [5.74, 6) is 1.28. The minimum absolute atomic E-state index is 0. The molecule has 0 saturated heterocycles. The molecule has 0 amide bonds. The van der Waals surface area contributed by atoms with Gasteiger partial charge in [-0.3, -0.25) is 4.79 Å². The molecular weight excluding hydrogens is 218 g/mol.